The first-order valence-corrected chi connectivity index (χ1v) is 14.6. The van der Waals surface area contributed by atoms with Gasteiger partial charge in [0.25, 0.3) is 0 Å². The van der Waals surface area contributed by atoms with Crippen LogP contribution in [0, 0.1) is 5.92 Å². The summed E-state index contributed by atoms with van der Waals surface area (Å²) in [5.74, 6) is -0.691. The largest absolute Gasteiger partial charge is 0.463 e. The third-order valence-electron chi connectivity index (χ3n) is 5.93. The second-order valence-corrected chi connectivity index (χ2v) is 11.6. The van der Waals surface area contributed by atoms with Gasteiger partial charge in [-0.1, -0.05) is 69.2 Å². The molecule has 2 N–H and O–H groups in total. The molecule has 2 rings (SSSR count). The standard InChI is InChI=1S/C30H43NO6S/c1-6-8-16-26(29(35)37-30(3,4)5)31-28(34)23(19-38-20-24(32)18-36-27(33)7-2)17-22-14-11-13-21-12-9-10-15-25(21)22/h9-15,23-24,26,32H,6-8,16-20H2,1-5H3,(H,31,34)/t23-,24+,26+/m1/s1. The highest BCUT2D eigenvalue weighted by atomic mass is 32.2. The number of esters is 2. The molecule has 1 amide bonds. The predicted octanol–water partition coefficient (Wildman–Crippen LogP) is 5.06. The third kappa shape index (κ3) is 11.0. The topological polar surface area (TPSA) is 102 Å². The van der Waals surface area contributed by atoms with E-state index in [1.54, 1.807) is 6.92 Å². The molecule has 3 atom stereocenters. The Labute approximate surface area is 231 Å². The summed E-state index contributed by atoms with van der Waals surface area (Å²) in [5, 5.41) is 15.4. The molecule has 38 heavy (non-hydrogen) atoms. The first-order chi connectivity index (χ1) is 18.0. The van der Waals surface area contributed by atoms with E-state index in [9.17, 15) is 19.5 Å². The van der Waals surface area contributed by atoms with E-state index < -0.39 is 29.6 Å². The van der Waals surface area contributed by atoms with Crippen molar-refractivity contribution in [1.82, 2.24) is 5.32 Å². The highest BCUT2D eigenvalue weighted by Crippen LogP contribution is 2.24. The molecule has 0 aliphatic heterocycles. The molecule has 7 nitrogen and oxygen atoms in total. The lowest BCUT2D eigenvalue weighted by atomic mass is 9.95. The lowest BCUT2D eigenvalue weighted by Crippen LogP contribution is -2.47. The molecular formula is C30H43NO6S. The average Bonchev–Trinajstić information content (AvgIpc) is 2.87. The summed E-state index contributed by atoms with van der Waals surface area (Å²) in [6.07, 6.45) is 2.10. The van der Waals surface area contributed by atoms with E-state index in [0.717, 1.165) is 29.2 Å². The van der Waals surface area contributed by atoms with E-state index in [2.05, 4.69) is 5.32 Å². The summed E-state index contributed by atoms with van der Waals surface area (Å²) in [5.41, 5.74) is 0.394. The van der Waals surface area contributed by atoms with Crippen LogP contribution in [-0.4, -0.2) is 58.8 Å². The number of nitrogens with one attached hydrogen (secondary N) is 1. The van der Waals surface area contributed by atoms with E-state index in [4.69, 9.17) is 9.47 Å². The number of thioether (sulfide) groups is 1. The van der Waals surface area contributed by atoms with Crippen molar-refractivity contribution in [1.29, 1.82) is 0 Å². The van der Waals surface area contributed by atoms with Crippen LogP contribution in [-0.2, 0) is 30.3 Å². The highest BCUT2D eigenvalue weighted by molar-refractivity contribution is 7.99. The molecule has 0 fully saturated rings. The highest BCUT2D eigenvalue weighted by Gasteiger charge is 2.29. The third-order valence-corrected chi connectivity index (χ3v) is 7.18. The van der Waals surface area contributed by atoms with Gasteiger partial charge < -0.3 is 19.9 Å². The van der Waals surface area contributed by atoms with Crippen molar-refractivity contribution in [2.75, 3.05) is 18.1 Å². The smallest absolute Gasteiger partial charge is 0.329 e. The van der Waals surface area contributed by atoms with E-state index >= 15 is 0 Å². The van der Waals surface area contributed by atoms with Crippen molar-refractivity contribution in [3.8, 4) is 0 Å². The number of ether oxygens (including phenoxy) is 2. The molecule has 8 heteroatoms. The molecule has 0 saturated heterocycles. The molecule has 210 valence electrons. The lowest BCUT2D eigenvalue weighted by Gasteiger charge is -2.26. The van der Waals surface area contributed by atoms with Crippen LogP contribution in [0.1, 0.15) is 65.9 Å². The maximum Gasteiger partial charge on any atom is 0.329 e. The number of hydrogen-bond donors (Lipinski definition) is 2. The Balaban J connectivity index is 2.18. The Morgan fingerprint density at radius 3 is 2.42 bits per heavy atom. The minimum atomic E-state index is -0.823. The number of aliphatic hydroxyl groups excluding tert-OH is 1. The second kappa shape index (κ2) is 15.7. The Bertz CT molecular complexity index is 1050. The van der Waals surface area contributed by atoms with Crippen LogP contribution >= 0.6 is 11.8 Å². The van der Waals surface area contributed by atoms with Crippen molar-refractivity contribution in [3.63, 3.8) is 0 Å². The van der Waals surface area contributed by atoms with Gasteiger partial charge in [0.2, 0.25) is 5.91 Å². The van der Waals surface area contributed by atoms with Gasteiger partial charge in [-0.25, -0.2) is 4.79 Å². The van der Waals surface area contributed by atoms with Crippen LogP contribution in [0.4, 0.5) is 0 Å². The Morgan fingerprint density at radius 2 is 1.74 bits per heavy atom. The van der Waals surface area contributed by atoms with Gasteiger partial charge in [-0.05, 0) is 49.9 Å². The summed E-state index contributed by atoms with van der Waals surface area (Å²) in [6.45, 7) is 9.10. The molecule has 2 aromatic carbocycles. The molecule has 0 spiro atoms. The van der Waals surface area contributed by atoms with Gasteiger partial charge in [0.05, 0.1) is 12.0 Å². The number of carbonyl (C=O) groups is 3. The number of unbranched alkanes of at least 4 members (excludes halogenated alkanes) is 1. The quantitative estimate of drug-likeness (QED) is 0.302. The fraction of sp³-hybridized carbons (Fsp3) is 0.567. The van der Waals surface area contributed by atoms with E-state index in [1.165, 1.54) is 11.8 Å². The van der Waals surface area contributed by atoms with E-state index in [-0.39, 0.29) is 24.9 Å². The van der Waals surface area contributed by atoms with Gasteiger partial charge in [0.15, 0.2) is 0 Å². The first-order valence-electron chi connectivity index (χ1n) is 13.4. The van der Waals surface area contributed by atoms with Crippen LogP contribution in [0.3, 0.4) is 0 Å². The summed E-state index contributed by atoms with van der Waals surface area (Å²) in [6, 6.07) is 13.4. The molecule has 0 aliphatic rings. The van der Waals surface area contributed by atoms with Crippen molar-refractivity contribution in [2.24, 2.45) is 5.92 Å². The van der Waals surface area contributed by atoms with Gasteiger partial charge in [0.1, 0.15) is 18.2 Å². The van der Waals surface area contributed by atoms with Crippen LogP contribution < -0.4 is 5.32 Å². The molecule has 0 unspecified atom stereocenters. The number of aliphatic hydroxyl groups is 1. The molecule has 0 heterocycles. The zero-order chi connectivity index (χ0) is 28.1. The van der Waals surface area contributed by atoms with Crippen molar-refractivity contribution in [2.45, 2.75) is 84.5 Å². The molecule has 0 aliphatic carbocycles. The maximum absolute atomic E-state index is 13.6. The van der Waals surface area contributed by atoms with Gasteiger partial charge >= 0.3 is 11.9 Å². The summed E-state index contributed by atoms with van der Waals surface area (Å²) >= 11 is 1.43. The summed E-state index contributed by atoms with van der Waals surface area (Å²) < 4.78 is 10.6. The molecule has 0 radical (unpaired) electrons. The molecule has 0 saturated carbocycles. The fourth-order valence-electron chi connectivity index (χ4n) is 3.97. The van der Waals surface area contributed by atoms with Crippen LogP contribution in [0.5, 0.6) is 0 Å². The molecule has 0 aromatic heterocycles. The summed E-state index contributed by atoms with van der Waals surface area (Å²) in [7, 11) is 0. The number of benzene rings is 2. The van der Waals surface area contributed by atoms with Gasteiger partial charge in [-0.15, -0.1) is 0 Å². The van der Waals surface area contributed by atoms with Crippen molar-refractivity contribution >= 4 is 40.4 Å². The number of fused-ring (bicyclic) bond motifs is 1. The van der Waals surface area contributed by atoms with Gasteiger partial charge in [-0.2, -0.15) is 11.8 Å². The Kier molecular flexibility index (Phi) is 13.1. The number of carbonyl (C=O) groups excluding carboxylic acids is 3. The zero-order valence-corrected chi connectivity index (χ0v) is 24.1. The molecule has 0 bridgehead atoms. The minimum absolute atomic E-state index is 0.0718. The number of hydrogen-bond acceptors (Lipinski definition) is 7. The van der Waals surface area contributed by atoms with Gasteiger partial charge in [-0.3, -0.25) is 9.59 Å². The Morgan fingerprint density at radius 1 is 1.03 bits per heavy atom. The molecule has 2 aromatic rings. The van der Waals surface area contributed by atoms with Crippen LogP contribution in [0.25, 0.3) is 10.8 Å². The maximum atomic E-state index is 13.6. The lowest BCUT2D eigenvalue weighted by molar-refractivity contribution is -0.159. The number of amides is 1. The van der Waals surface area contributed by atoms with Crippen LogP contribution in [0.15, 0.2) is 42.5 Å². The predicted molar refractivity (Wildman–Crippen MR) is 153 cm³/mol. The fourth-order valence-corrected chi connectivity index (χ4v) is 5.03. The SMILES string of the molecule is CCCC[C@H](NC(=O)[C@@H](CSC[C@@H](O)COC(=O)CC)Cc1cccc2ccccc12)C(=O)OC(C)(C)C. The average molecular weight is 546 g/mol. The van der Waals surface area contributed by atoms with E-state index in [1.807, 2.05) is 70.2 Å². The normalized spacial score (nSPS) is 13.9. The van der Waals surface area contributed by atoms with Crippen molar-refractivity contribution < 1.29 is 29.0 Å². The number of rotatable bonds is 15. The van der Waals surface area contributed by atoms with Crippen LogP contribution in [0.2, 0.25) is 0 Å². The zero-order valence-electron chi connectivity index (χ0n) is 23.3. The van der Waals surface area contributed by atoms with Gasteiger partial charge in [0, 0.05) is 17.9 Å². The summed E-state index contributed by atoms with van der Waals surface area (Å²) in [4.78, 5) is 37.9. The molecular weight excluding hydrogens is 502 g/mol. The monoisotopic (exact) mass is 545 g/mol. The Hall–Kier alpha value is -2.58. The second-order valence-electron chi connectivity index (χ2n) is 10.5. The van der Waals surface area contributed by atoms with Crippen molar-refractivity contribution in [3.05, 3.63) is 48.0 Å². The van der Waals surface area contributed by atoms with E-state index in [0.29, 0.717) is 24.3 Å². The first kappa shape index (κ1) is 31.6. The minimum Gasteiger partial charge on any atom is -0.463 e.